The molecule has 88 valence electrons. The fourth-order valence-corrected chi connectivity index (χ4v) is 2.30. The van der Waals surface area contributed by atoms with Crippen LogP contribution in [0.5, 0.6) is 0 Å². The minimum Gasteiger partial charge on any atom is -0.388 e. The van der Waals surface area contributed by atoms with Gasteiger partial charge in [0.05, 0.1) is 12.7 Å². The smallest absolute Gasteiger partial charge is 0.0841 e. The van der Waals surface area contributed by atoms with Crippen molar-refractivity contribution in [3.63, 3.8) is 0 Å². The second kappa shape index (κ2) is 5.46. The fraction of sp³-hybridized carbons (Fsp3) is 0.571. The first-order valence-electron chi connectivity index (χ1n) is 6.16. The highest BCUT2D eigenvalue weighted by Crippen LogP contribution is 2.29. The molecule has 0 radical (unpaired) electrons. The Labute approximate surface area is 97.3 Å². The van der Waals surface area contributed by atoms with Crippen LogP contribution in [0.1, 0.15) is 37.0 Å². The molecule has 1 heterocycles. The van der Waals surface area contributed by atoms with E-state index in [2.05, 4.69) is 19.1 Å². The van der Waals surface area contributed by atoms with E-state index in [0.29, 0.717) is 6.61 Å². The van der Waals surface area contributed by atoms with Crippen LogP contribution in [0.25, 0.3) is 0 Å². The standard InChI is InChI=1S/C14H20O2/c1-2-4-11-5-3-6-12(9-11)14(15)13-7-8-16-10-13/h3,5-6,9,13-15H,2,4,7-8,10H2,1H3. The average Bonchev–Trinajstić information content (AvgIpc) is 2.82. The number of hydrogen-bond donors (Lipinski definition) is 1. The Balaban J connectivity index is 2.09. The second-order valence-electron chi connectivity index (χ2n) is 4.56. The highest BCUT2D eigenvalue weighted by Gasteiger charge is 2.25. The van der Waals surface area contributed by atoms with E-state index in [4.69, 9.17) is 4.74 Å². The Morgan fingerprint density at radius 3 is 3.06 bits per heavy atom. The zero-order chi connectivity index (χ0) is 11.4. The third-order valence-electron chi connectivity index (χ3n) is 3.24. The van der Waals surface area contributed by atoms with Crippen molar-refractivity contribution in [3.8, 4) is 0 Å². The van der Waals surface area contributed by atoms with Gasteiger partial charge >= 0.3 is 0 Å². The third kappa shape index (κ3) is 2.63. The number of rotatable bonds is 4. The molecule has 2 heteroatoms. The van der Waals surface area contributed by atoms with Gasteiger partial charge in [-0.25, -0.2) is 0 Å². The molecule has 0 bridgehead atoms. The first kappa shape index (κ1) is 11.6. The van der Waals surface area contributed by atoms with Crippen LogP contribution in [0.15, 0.2) is 24.3 Å². The molecule has 1 aliphatic rings. The first-order valence-corrected chi connectivity index (χ1v) is 6.16. The molecule has 0 spiro atoms. The van der Waals surface area contributed by atoms with Crippen molar-refractivity contribution >= 4 is 0 Å². The van der Waals surface area contributed by atoms with E-state index in [9.17, 15) is 5.11 Å². The SMILES string of the molecule is CCCc1cccc(C(O)C2CCOC2)c1. The zero-order valence-electron chi connectivity index (χ0n) is 9.86. The predicted octanol–water partition coefficient (Wildman–Crippen LogP) is 2.71. The number of benzene rings is 1. The van der Waals surface area contributed by atoms with Crippen LogP contribution in [0, 0.1) is 5.92 Å². The van der Waals surface area contributed by atoms with Gasteiger partial charge in [-0.15, -0.1) is 0 Å². The molecule has 1 N–H and O–H groups in total. The van der Waals surface area contributed by atoms with Crippen LogP contribution in [0.3, 0.4) is 0 Å². The molecule has 2 atom stereocenters. The predicted molar refractivity (Wildman–Crippen MR) is 64.3 cm³/mol. The minimum absolute atomic E-state index is 0.275. The Morgan fingerprint density at radius 1 is 1.50 bits per heavy atom. The Bertz CT molecular complexity index is 329. The summed E-state index contributed by atoms with van der Waals surface area (Å²) in [6, 6.07) is 8.32. The summed E-state index contributed by atoms with van der Waals surface area (Å²) in [5.74, 6) is 0.275. The van der Waals surface area contributed by atoms with E-state index in [1.165, 1.54) is 5.56 Å². The van der Waals surface area contributed by atoms with Gasteiger partial charge in [-0.3, -0.25) is 0 Å². The van der Waals surface area contributed by atoms with Crippen LogP contribution >= 0.6 is 0 Å². The van der Waals surface area contributed by atoms with Crippen molar-refractivity contribution in [2.75, 3.05) is 13.2 Å². The Kier molecular flexibility index (Phi) is 3.97. The molecule has 2 unspecified atom stereocenters. The number of ether oxygens (including phenoxy) is 1. The van der Waals surface area contributed by atoms with Gasteiger partial charge in [-0.2, -0.15) is 0 Å². The maximum atomic E-state index is 10.2. The largest absolute Gasteiger partial charge is 0.388 e. The van der Waals surface area contributed by atoms with Gasteiger partial charge in [0.25, 0.3) is 0 Å². The van der Waals surface area contributed by atoms with Crippen molar-refractivity contribution < 1.29 is 9.84 Å². The Morgan fingerprint density at radius 2 is 2.38 bits per heavy atom. The van der Waals surface area contributed by atoms with Gasteiger partial charge in [-0.1, -0.05) is 37.6 Å². The van der Waals surface area contributed by atoms with E-state index in [1.807, 2.05) is 12.1 Å². The van der Waals surface area contributed by atoms with Gasteiger partial charge in [0.1, 0.15) is 0 Å². The zero-order valence-corrected chi connectivity index (χ0v) is 9.86. The molecular weight excluding hydrogens is 200 g/mol. The van der Waals surface area contributed by atoms with Crippen molar-refractivity contribution in [2.45, 2.75) is 32.3 Å². The lowest BCUT2D eigenvalue weighted by atomic mass is 9.93. The fourth-order valence-electron chi connectivity index (χ4n) is 2.30. The molecule has 0 aliphatic carbocycles. The lowest BCUT2D eigenvalue weighted by Crippen LogP contribution is -2.12. The lowest BCUT2D eigenvalue weighted by molar-refractivity contribution is 0.0917. The van der Waals surface area contributed by atoms with E-state index in [0.717, 1.165) is 31.4 Å². The summed E-state index contributed by atoms with van der Waals surface area (Å²) in [5.41, 5.74) is 2.36. The van der Waals surface area contributed by atoms with Crippen molar-refractivity contribution in [1.82, 2.24) is 0 Å². The molecule has 1 aliphatic heterocycles. The van der Waals surface area contributed by atoms with Crippen LogP contribution < -0.4 is 0 Å². The van der Waals surface area contributed by atoms with E-state index < -0.39 is 0 Å². The monoisotopic (exact) mass is 220 g/mol. The van der Waals surface area contributed by atoms with Crippen LogP contribution in [-0.4, -0.2) is 18.3 Å². The summed E-state index contributed by atoms with van der Waals surface area (Å²) < 4.78 is 5.32. The van der Waals surface area contributed by atoms with Gasteiger partial charge in [0.15, 0.2) is 0 Å². The highest BCUT2D eigenvalue weighted by atomic mass is 16.5. The third-order valence-corrected chi connectivity index (χ3v) is 3.24. The normalized spacial score (nSPS) is 22.2. The molecule has 0 aromatic heterocycles. The summed E-state index contributed by atoms with van der Waals surface area (Å²) >= 11 is 0. The molecule has 1 fully saturated rings. The van der Waals surface area contributed by atoms with Gasteiger partial charge in [0, 0.05) is 12.5 Å². The summed E-state index contributed by atoms with van der Waals surface area (Å²) in [4.78, 5) is 0. The number of aliphatic hydroxyl groups excluding tert-OH is 1. The molecule has 1 aromatic carbocycles. The molecule has 2 rings (SSSR count). The summed E-state index contributed by atoms with van der Waals surface area (Å²) in [5, 5.41) is 10.2. The molecule has 1 saturated heterocycles. The maximum absolute atomic E-state index is 10.2. The van der Waals surface area contributed by atoms with Gasteiger partial charge in [-0.05, 0) is 24.0 Å². The van der Waals surface area contributed by atoms with Gasteiger partial charge < -0.3 is 9.84 Å². The molecule has 0 saturated carbocycles. The average molecular weight is 220 g/mol. The number of aryl methyl sites for hydroxylation is 1. The van der Waals surface area contributed by atoms with Crippen molar-refractivity contribution in [3.05, 3.63) is 35.4 Å². The Hall–Kier alpha value is -0.860. The summed E-state index contributed by atoms with van der Waals surface area (Å²) in [6.07, 6.45) is 2.84. The molecule has 0 amide bonds. The summed E-state index contributed by atoms with van der Waals surface area (Å²) in [6.45, 7) is 3.66. The number of aliphatic hydroxyl groups is 1. The summed E-state index contributed by atoms with van der Waals surface area (Å²) in [7, 11) is 0. The molecule has 1 aromatic rings. The first-order chi connectivity index (χ1) is 7.81. The maximum Gasteiger partial charge on any atom is 0.0841 e. The highest BCUT2D eigenvalue weighted by molar-refractivity contribution is 5.25. The van der Waals surface area contributed by atoms with Crippen molar-refractivity contribution in [2.24, 2.45) is 5.92 Å². The molecule has 2 nitrogen and oxygen atoms in total. The van der Waals surface area contributed by atoms with Crippen LogP contribution in [0.2, 0.25) is 0 Å². The van der Waals surface area contributed by atoms with E-state index in [-0.39, 0.29) is 12.0 Å². The molecule has 16 heavy (non-hydrogen) atoms. The number of hydrogen-bond acceptors (Lipinski definition) is 2. The second-order valence-corrected chi connectivity index (χ2v) is 4.56. The van der Waals surface area contributed by atoms with E-state index in [1.54, 1.807) is 0 Å². The van der Waals surface area contributed by atoms with Crippen LogP contribution in [0.4, 0.5) is 0 Å². The quantitative estimate of drug-likeness (QED) is 0.845. The van der Waals surface area contributed by atoms with Crippen LogP contribution in [-0.2, 0) is 11.2 Å². The van der Waals surface area contributed by atoms with Gasteiger partial charge in [0.2, 0.25) is 0 Å². The molecular formula is C14H20O2. The topological polar surface area (TPSA) is 29.5 Å². The van der Waals surface area contributed by atoms with E-state index >= 15 is 0 Å². The minimum atomic E-state index is -0.362. The lowest BCUT2D eigenvalue weighted by Gasteiger charge is -2.17. The van der Waals surface area contributed by atoms with Crippen molar-refractivity contribution in [1.29, 1.82) is 0 Å².